The van der Waals surface area contributed by atoms with Gasteiger partial charge in [-0.25, -0.2) is 0 Å². The van der Waals surface area contributed by atoms with Gasteiger partial charge in [-0.1, -0.05) is 0 Å². The molecule has 3 N–H and O–H groups in total. The fourth-order valence-electron chi connectivity index (χ4n) is 2.18. The molecular weight excluding hydrogens is 244 g/mol. The Balaban J connectivity index is 2.70. The molecule has 1 fully saturated rings. The van der Waals surface area contributed by atoms with E-state index < -0.39 is 35.9 Å². The average Bonchev–Trinajstić information content (AvgIpc) is 2.22. The van der Waals surface area contributed by atoms with Crippen molar-refractivity contribution in [3.63, 3.8) is 0 Å². The van der Waals surface area contributed by atoms with Gasteiger partial charge in [0.25, 0.3) is 0 Å². The van der Waals surface area contributed by atoms with Gasteiger partial charge >= 0.3 is 11.9 Å². The van der Waals surface area contributed by atoms with E-state index in [1.807, 2.05) is 0 Å². The summed E-state index contributed by atoms with van der Waals surface area (Å²) in [7, 11) is 1.18. The van der Waals surface area contributed by atoms with Gasteiger partial charge in [0.2, 0.25) is 0 Å². The van der Waals surface area contributed by atoms with Crippen LogP contribution in [0.25, 0.3) is 0 Å². The molecule has 7 heteroatoms. The summed E-state index contributed by atoms with van der Waals surface area (Å²) in [6.07, 6.45) is -4.21. The second-order valence-corrected chi connectivity index (χ2v) is 4.59. The minimum Gasteiger partial charge on any atom is -0.469 e. The number of carbonyl (C=O) groups excluding carboxylic acids is 2. The zero-order valence-electron chi connectivity index (χ0n) is 10.3. The van der Waals surface area contributed by atoms with Crippen molar-refractivity contribution in [3.05, 3.63) is 0 Å². The molecule has 1 rings (SSSR count). The van der Waals surface area contributed by atoms with Crippen LogP contribution in [-0.2, 0) is 19.1 Å². The lowest BCUT2D eigenvalue weighted by molar-refractivity contribution is -0.190. The van der Waals surface area contributed by atoms with Gasteiger partial charge in [0, 0.05) is 19.8 Å². The fourth-order valence-corrected chi connectivity index (χ4v) is 2.18. The molecule has 1 aliphatic rings. The van der Waals surface area contributed by atoms with E-state index in [-0.39, 0.29) is 19.3 Å². The summed E-state index contributed by atoms with van der Waals surface area (Å²) in [5.41, 5.74) is -1.55. The van der Waals surface area contributed by atoms with E-state index in [0.717, 1.165) is 6.92 Å². The van der Waals surface area contributed by atoms with Crippen LogP contribution in [0.1, 0.15) is 26.2 Å². The molecule has 1 aliphatic carbocycles. The van der Waals surface area contributed by atoms with Crippen LogP contribution in [0.2, 0.25) is 0 Å². The molecule has 7 nitrogen and oxygen atoms in total. The lowest BCUT2D eigenvalue weighted by Gasteiger charge is -2.41. The molecule has 0 amide bonds. The summed E-state index contributed by atoms with van der Waals surface area (Å²) < 4.78 is 9.21. The SMILES string of the molecule is COC(=O)CC1(O)C[C@H](O)C(OC(C)=O)[C@@H](O)C1. The first-order chi connectivity index (χ1) is 8.27. The molecule has 0 aromatic heterocycles. The van der Waals surface area contributed by atoms with Crippen molar-refractivity contribution < 1.29 is 34.4 Å². The highest BCUT2D eigenvalue weighted by molar-refractivity contribution is 5.70. The smallest absolute Gasteiger partial charge is 0.308 e. The first-order valence-electron chi connectivity index (χ1n) is 5.60. The number of methoxy groups -OCH3 is 1. The van der Waals surface area contributed by atoms with E-state index >= 15 is 0 Å². The van der Waals surface area contributed by atoms with Gasteiger partial charge in [0.15, 0.2) is 6.10 Å². The maximum absolute atomic E-state index is 11.1. The summed E-state index contributed by atoms with van der Waals surface area (Å²) in [6.45, 7) is 1.16. The normalized spacial score (nSPS) is 35.9. The lowest BCUT2D eigenvalue weighted by Crippen LogP contribution is -2.54. The molecule has 104 valence electrons. The van der Waals surface area contributed by atoms with Crippen LogP contribution in [0.3, 0.4) is 0 Å². The second-order valence-electron chi connectivity index (χ2n) is 4.59. The molecule has 0 aromatic rings. The Morgan fingerprint density at radius 2 is 1.78 bits per heavy atom. The van der Waals surface area contributed by atoms with E-state index in [2.05, 4.69) is 4.74 Å². The highest BCUT2D eigenvalue weighted by Gasteiger charge is 2.46. The Morgan fingerprint density at radius 3 is 2.17 bits per heavy atom. The second kappa shape index (κ2) is 5.64. The van der Waals surface area contributed by atoms with Gasteiger partial charge < -0.3 is 24.8 Å². The van der Waals surface area contributed by atoms with Gasteiger partial charge in [0.05, 0.1) is 31.3 Å². The molecule has 0 bridgehead atoms. The summed E-state index contributed by atoms with van der Waals surface area (Å²) in [4.78, 5) is 21.9. The highest BCUT2D eigenvalue weighted by atomic mass is 16.6. The number of esters is 2. The van der Waals surface area contributed by atoms with Crippen LogP contribution >= 0.6 is 0 Å². The Morgan fingerprint density at radius 1 is 1.28 bits per heavy atom. The first-order valence-corrected chi connectivity index (χ1v) is 5.60. The van der Waals surface area contributed by atoms with Crippen LogP contribution in [0.5, 0.6) is 0 Å². The summed E-state index contributed by atoms with van der Waals surface area (Å²) in [6, 6.07) is 0. The van der Waals surface area contributed by atoms with Gasteiger partial charge in [0.1, 0.15) is 0 Å². The fraction of sp³-hybridized carbons (Fsp3) is 0.818. The van der Waals surface area contributed by atoms with E-state index in [9.17, 15) is 24.9 Å². The van der Waals surface area contributed by atoms with Gasteiger partial charge in [-0.3, -0.25) is 9.59 Å². The zero-order valence-corrected chi connectivity index (χ0v) is 10.3. The van der Waals surface area contributed by atoms with E-state index in [4.69, 9.17) is 4.74 Å². The third-order valence-corrected chi connectivity index (χ3v) is 2.94. The minimum absolute atomic E-state index is 0.170. The molecule has 0 aliphatic heterocycles. The molecule has 2 atom stereocenters. The van der Waals surface area contributed by atoms with Gasteiger partial charge in [-0.2, -0.15) is 0 Å². The molecule has 0 radical (unpaired) electrons. The largest absolute Gasteiger partial charge is 0.469 e. The van der Waals surface area contributed by atoms with Crippen molar-refractivity contribution in [3.8, 4) is 0 Å². The number of carbonyl (C=O) groups is 2. The molecule has 0 heterocycles. The molecule has 0 spiro atoms. The summed E-state index contributed by atoms with van der Waals surface area (Å²) in [5, 5.41) is 29.6. The van der Waals surface area contributed by atoms with Crippen LogP contribution in [0.15, 0.2) is 0 Å². The van der Waals surface area contributed by atoms with Gasteiger partial charge in [-0.05, 0) is 0 Å². The first kappa shape index (κ1) is 14.9. The molecule has 0 saturated heterocycles. The van der Waals surface area contributed by atoms with E-state index in [1.54, 1.807) is 0 Å². The van der Waals surface area contributed by atoms with Crippen LogP contribution in [0.4, 0.5) is 0 Å². The van der Waals surface area contributed by atoms with Crippen LogP contribution in [0, 0.1) is 0 Å². The topological polar surface area (TPSA) is 113 Å². The Hall–Kier alpha value is -1.18. The number of ether oxygens (including phenoxy) is 2. The minimum atomic E-state index is -1.55. The maximum Gasteiger partial charge on any atom is 0.308 e. The van der Waals surface area contributed by atoms with E-state index in [0.29, 0.717) is 0 Å². The number of aliphatic hydroxyl groups excluding tert-OH is 2. The number of hydrogen-bond acceptors (Lipinski definition) is 7. The van der Waals surface area contributed by atoms with Crippen LogP contribution in [-0.4, -0.2) is 58.3 Å². The lowest BCUT2D eigenvalue weighted by atomic mass is 9.77. The Bertz CT molecular complexity index is 315. The predicted octanol–water partition coefficient (Wildman–Crippen LogP) is -1.27. The van der Waals surface area contributed by atoms with Crippen molar-refractivity contribution in [2.24, 2.45) is 0 Å². The van der Waals surface area contributed by atoms with E-state index in [1.165, 1.54) is 7.11 Å². The monoisotopic (exact) mass is 262 g/mol. The van der Waals surface area contributed by atoms with Crippen molar-refractivity contribution in [2.45, 2.75) is 50.1 Å². The third kappa shape index (κ3) is 3.66. The van der Waals surface area contributed by atoms with Crippen molar-refractivity contribution in [1.29, 1.82) is 0 Å². The molecule has 0 unspecified atom stereocenters. The predicted molar refractivity (Wildman–Crippen MR) is 58.4 cm³/mol. The molecule has 0 aromatic carbocycles. The highest BCUT2D eigenvalue weighted by Crippen LogP contribution is 2.33. The number of hydrogen-bond donors (Lipinski definition) is 3. The Labute approximate surface area is 104 Å². The maximum atomic E-state index is 11.1. The molecule has 18 heavy (non-hydrogen) atoms. The number of rotatable bonds is 3. The quantitative estimate of drug-likeness (QED) is 0.543. The van der Waals surface area contributed by atoms with Gasteiger partial charge in [-0.15, -0.1) is 0 Å². The van der Waals surface area contributed by atoms with Crippen molar-refractivity contribution in [2.75, 3.05) is 7.11 Å². The molecular formula is C11H18O7. The zero-order chi connectivity index (χ0) is 13.9. The molecule has 1 saturated carbocycles. The summed E-state index contributed by atoms with van der Waals surface area (Å²) in [5.74, 6) is -1.26. The summed E-state index contributed by atoms with van der Waals surface area (Å²) >= 11 is 0. The van der Waals surface area contributed by atoms with Crippen molar-refractivity contribution >= 4 is 11.9 Å². The standard InChI is InChI=1S/C11H18O7/c1-6(12)18-10-7(13)3-11(16,4-8(10)14)5-9(15)17-2/h7-8,10,13-14,16H,3-5H2,1-2H3/t7-,8-,10?,11?/m0/s1. The van der Waals surface area contributed by atoms with Crippen molar-refractivity contribution in [1.82, 2.24) is 0 Å². The average molecular weight is 262 g/mol. The Kier molecular flexibility index (Phi) is 4.66. The van der Waals surface area contributed by atoms with Crippen LogP contribution < -0.4 is 0 Å². The number of aliphatic hydroxyl groups is 3. The third-order valence-electron chi connectivity index (χ3n) is 2.94.